The van der Waals surface area contributed by atoms with Gasteiger partial charge in [-0.1, -0.05) is 30.4 Å². The highest BCUT2D eigenvalue weighted by molar-refractivity contribution is 7.80. The van der Waals surface area contributed by atoms with Crippen LogP contribution >= 0.6 is 23.6 Å². The van der Waals surface area contributed by atoms with Crippen molar-refractivity contribution in [3.05, 3.63) is 51.9 Å². The van der Waals surface area contributed by atoms with Gasteiger partial charge in [-0.3, -0.25) is 4.79 Å². The van der Waals surface area contributed by atoms with Gasteiger partial charge in [0.25, 0.3) is 5.91 Å². The molecule has 1 aromatic heterocycles. The van der Waals surface area contributed by atoms with Gasteiger partial charge in [-0.2, -0.15) is 0 Å². The summed E-state index contributed by atoms with van der Waals surface area (Å²) in [6.45, 7) is 4.60. The second-order valence-corrected chi connectivity index (χ2v) is 7.66. The number of amides is 1. The number of rotatable bonds is 3. The lowest BCUT2D eigenvalue weighted by Crippen LogP contribution is -2.32. The first kappa shape index (κ1) is 16.1. The molecule has 0 aliphatic carbocycles. The minimum atomic E-state index is -0.256. The summed E-state index contributed by atoms with van der Waals surface area (Å²) < 4.78 is 5.84. The van der Waals surface area contributed by atoms with Crippen molar-refractivity contribution in [2.45, 2.75) is 32.5 Å². The molecule has 0 bridgehead atoms. The zero-order chi connectivity index (χ0) is 16.6. The Morgan fingerprint density at radius 1 is 1.35 bits per heavy atom. The van der Waals surface area contributed by atoms with Gasteiger partial charge in [0.1, 0.15) is 9.99 Å². The van der Waals surface area contributed by atoms with Crippen LogP contribution in [-0.4, -0.2) is 16.5 Å². The zero-order valence-electron chi connectivity index (χ0n) is 13.0. The Morgan fingerprint density at radius 3 is 2.70 bits per heavy atom. The Bertz CT molecular complexity index is 766. The third-order valence-corrected chi connectivity index (χ3v) is 5.12. The Labute approximate surface area is 144 Å². The number of nitrogens with two attached hydrogens (primary N) is 1. The maximum Gasteiger partial charge on any atom is 0.256 e. The minimum absolute atomic E-state index is 0.165. The van der Waals surface area contributed by atoms with Gasteiger partial charge >= 0.3 is 0 Å². The molecule has 0 saturated heterocycles. The standard InChI is InChI=1S/C17H18N2O2S2/c1-17(2)8-11-12(9-21-17)23-16(13(11)14(18)22)19-15(20)10-6-4-3-5-7-10/h3-7H,8-9H2,1-2H3,(H2,18,22)(H,19,20). The van der Waals surface area contributed by atoms with Gasteiger partial charge in [-0.05, 0) is 31.5 Å². The van der Waals surface area contributed by atoms with E-state index in [0.29, 0.717) is 22.2 Å². The molecule has 0 saturated carbocycles. The van der Waals surface area contributed by atoms with Crippen molar-refractivity contribution >= 4 is 39.5 Å². The number of ether oxygens (including phenoxy) is 1. The van der Waals surface area contributed by atoms with E-state index >= 15 is 0 Å². The second-order valence-electron chi connectivity index (χ2n) is 6.12. The van der Waals surface area contributed by atoms with Crippen LogP contribution in [0.3, 0.4) is 0 Å². The Hall–Kier alpha value is -1.76. The molecule has 0 spiro atoms. The zero-order valence-corrected chi connectivity index (χ0v) is 14.6. The Kier molecular flexibility index (Phi) is 4.23. The molecular weight excluding hydrogens is 328 g/mol. The average molecular weight is 346 g/mol. The van der Waals surface area contributed by atoms with E-state index in [4.69, 9.17) is 22.7 Å². The molecule has 4 nitrogen and oxygen atoms in total. The molecule has 3 N–H and O–H groups in total. The summed E-state index contributed by atoms with van der Waals surface area (Å²) in [5, 5.41) is 3.66. The van der Waals surface area contributed by atoms with Crippen LogP contribution in [0.1, 0.15) is 40.2 Å². The van der Waals surface area contributed by atoms with Crippen molar-refractivity contribution in [1.82, 2.24) is 0 Å². The predicted molar refractivity (Wildman–Crippen MR) is 97.2 cm³/mol. The van der Waals surface area contributed by atoms with Crippen LogP contribution in [-0.2, 0) is 17.8 Å². The van der Waals surface area contributed by atoms with Crippen LogP contribution in [0.5, 0.6) is 0 Å². The van der Waals surface area contributed by atoms with Crippen molar-refractivity contribution in [2.24, 2.45) is 5.73 Å². The molecule has 120 valence electrons. The van der Waals surface area contributed by atoms with Gasteiger partial charge in [-0.15, -0.1) is 11.3 Å². The van der Waals surface area contributed by atoms with Crippen LogP contribution < -0.4 is 11.1 Å². The number of hydrogen-bond acceptors (Lipinski definition) is 4. The highest BCUT2D eigenvalue weighted by Gasteiger charge is 2.32. The molecule has 2 heterocycles. The van der Waals surface area contributed by atoms with Gasteiger partial charge in [0, 0.05) is 22.4 Å². The smallest absolute Gasteiger partial charge is 0.256 e. The molecule has 1 aliphatic heterocycles. The Morgan fingerprint density at radius 2 is 2.04 bits per heavy atom. The predicted octanol–water partition coefficient (Wildman–Crippen LogP) is 3.49. The molecule has 1 amide bonds. The fraction of sp³-hybridized carbons (Fsp3) is 0.294. The summed E-state index contributed by atoms with van der Waals surface area (Å²) in [6.07, 6.45) is 0.729. The van der Waals surface area contributed by atoms with E-state index in [1.807, 2.05) is 32.0 Å². The highest BCUT2D eigenvalue weighted by atomic mass is 32.1. The number of nitrogens with one attached hydrogen (secondary N) is 1. The summed E-state index contributed by atoms with van der Waals surface area (Å²) in [7, 11) is 0. The van der Waals surface area contributed by atoms with Crippen LogP contribution in [0, 0.1) is 0 Å². The molecule has 0 radical (unpaired) electrons. The SMILES string of the molecule is CC1(C)Cc2c(sc(NC(=O)c3ccccc3)c2C(N)=S)CO1. The largest absolute Gasteiger partial charge is 0.389 e. The van der Waals surface area contributed by atoms with E-state index in [2.05, 4.69) is 5.32 Å². The third kappa shape index (κ3) is 3.29. The van der Waals surface area contributed by atoms with Crippen LogP contribution in [0.4, 0.5) is 5.00 Å². The summed E-state index contributed by atoms with van der Waals surface area (Å²) in [5.41, 5.74) is 8.16. The lowest BCUT2D eigenvalue weighted by molar-refractivity contribution is -0.0382. The first-order valence-corrected chi connectivity index (χ1v) is 8.54. The molecule has 0 fully saturated rings. The average Bonchev–Trinajstić information content (AvgIpc) is 2.84. The number of anilines is 1. The molecular formula is C17H18N2O2S2. The number of carbonyl (C=O) groups excluding carboxylic acids is 1. The van der Waals surface area contributed by atoms with E-state index in [-0.39, 0.29) is 11.5 Å². The second kappa shape index (κ2) is 6.03. The topological polar surface area (TPSA) is 64.4 Å². The van der Waals surface area contributed by atoms with Crippen molar-refractivity contribution < 1.29 is 9.53 Å². The molecule has 0 unspecified atom stereocenters. The molecule has 6 heteroatoms. The molecule has 0 atom stereocenters. The normalized spacial score (nSPS) is 15.7. The van der Waals surface area contributed by atoms with Gasteiger partial charge in [-0.25, -0.2) is 0 Å². The van der Waals surface area contributed by atoms with Crippen molar-refractivity contribution in [3.8, 4) is 0 Å². The van der Waals surface area contributed by atoms with Crippen molar-refractivity contribution in [3.63, 3.8) is 0 Å². The number of thiocarbonyl (C=S) groups is 1. The highest BCUT2D eigenvalue weighted by Crippen LogP contribution is 2.40. The van der Waals surface area contributed by atoms with Crippen molar-refractivity contribution in [2.75, 3.05) is 5.32 Å². The molecule has 1 aliphatic rings. The summed E-state index contributed by atoms with van der Waals surface area (Å²) in [6, 6.07) is 9.09. The van der Waals surface area contributed by atoms with Crippen LogP contribution in [0.2, 0.25) is 0 Å². The molecule has 1 aromatic carbocycles. The number of thiophene rings is 1. The summed E-state index contributed by atoms with van der Waals surface area (Å²) in [4.78, 5) is 13.8. The Balaban J connectivity index is 1.96. The van der Waals surface area contributed by atoms with E-state index in [1.54, 1.807) is 12.1 Å². The van der Waals surface area contributed by atoms with Crippen LogP contribution in [0.15, 0.2) is 30.3 Å². The lowest BCUT2D eigenvalue weighted by Gasteiger charge is -2.30. The maximum absolute atomic E-state index is 12.4. The van der Waals surface area contributed by atoms with E-state index < -0.39 is 0 Å². The number of fused-ring (bicyclic) bond motifs is 1. The molecule has 3 rings (SSSR count). The first-order chi connectivity index (χ1) is 10.9. The van der Waals surface area contributed by atoms with Gasteiger partial charge < -0.3 is 15.8 Å². The van der Waals surface area contributed by atoms with Gasteiger partial charge in [0.15, 0.2) is 0 Å². The molecule has 23 heavy (non-hydrogen) atoms. The number of benzene rings is 1. The quantitative estimate of drug-likeness (QED) is 0.835. The lowest BCUT2D eigenvalue weighted by atomic mass is 9.93. The third-order valence-electron chi connectivity index (χ3n) is 3.80. The summed E-state index contributed by atoms with van der Waals surface area (Å²) >= 11 is 6.72. The summed E-state index contributed by atoms with van der Waals surface area (Å²) in [5.74, 6) is -0.165. The van der Waals surface area contributed by atoms with E-state index in [0.717, 1.165) is 22.4 Å². The monoisotopic (exact) mass is 346 g/mol. The van der Waals surface area contributed by atoms with E-state index in [1.165, 1.54) is 11.3 Å². The fourth-order valence-corrected chi connectivity index (χ4v) is 4.10. The number of carbonyl (C=O) groups is 1. The molecule has 2 aromatic rings. The number of hydrogen-bond donors (Lipinski definition) is 2. The van der Waals surface area contributed by atoms with E-state index in [9.17, 15) is 4.79 Å². The van der Waals surface area contributed by atoms with Crippen molar-refractivity contribution in [1.29, 1.82) is 0 Å². The minimum Gasteiger partial charge on any atom is -0.389 e. The van der Waals surface area contributed by atoms with Crippen LogP contribution in [0.25, 0.3) is 0 Å². The maximum atomic E-state index is 12.4. The fourth-order valence-electron chi connectivity index (χ4n) is 2.67. The first-order valence-electron chi connectivity index (χ1n) is 7.32. The van der Waals surface area contributed by atoms with Gasteiger partial charge in [0.2, 0.25) is 0 Å². The van der Waals surface area contributed by atoms with Gasteiger partial charge in [0.05, 0.1) is 12.2 Å².